The van der Waals surface area contributed by atoms with Crippen molar-refractivity contribution in [2.24, 2.45) is 11.8 Å². The number of aromatic nitrogens is 3. The fourth-order valence-electron chi connectivity index (χ4n) is 3.27. The maximum Gasteiger partial charge on any atom is 0.234 e. The molecular weight excluding hydrogens is 336 g/mol. The van der Waals surface area contributed by atoms with E-state index in [1.54, 1.807) is 13.4 Å². The lowest BCUT2D eigenvalue weighted by Crippen LogP contribution is -2.46. The molecule has 2 rings (SSSR count). The van der Waals surface area contributed by atoms with Gasteiger partial charge in [0.25, 0.3) is 0 Å². The number of thioether (sulfide) groups is 1. The third kappa shape index (κ3) is 5.99. The van der Waals surface area contributed by atoms with Crippen LogP contribution in [0.3, 0.4) is 0 Å². The van der Waals surface area contributed by atoms with Crippen LogP contribution in [-0.2, 0) is 16.1 Å². The lowest BCUT2D eigenvalue weighted by Gasteiger charge is -2.31. The molecule has 1 amide bonds. The molecule has 7 heteroatoms. The number of nitrogens with one attached hydrogen (secondary N) is 1. The van der Waals surface area contributed by atoms with E-state index in [4.69, 9.17) is 4.74 Å². The Bertz CT molecular complexity index is 535. The Kier molecular flexibility index (Phi) is 8.22. The quantitative estimate of drug-likeness (QED) is 0.536. The Morgan fingerprint density at radius 1 is 1.44 bits per heavy atom. The number of carbonyl (C=O) groups is 1. The highest BCUT2D eigenvalue weighted by atomic mass is 32.2. The summed E-state index contributed by atoms with van der Waals surface area (Å²) in [5.74, 6) is 0.923. The number of hydrogen-bond acceptors (Lipinski definition) is 5. The molecule has 3 unspecified atom stereocenters. The zero-order chi connectivity index (χ0) is 18.2. The van der Waals surface area contributed by atoms with Gasteiger partial charge in [0, 0.05) is 26.3 Å². The Labute approximate surface area is 155 Å². The highest BCUT2D eigenvalue weighted by Crippen LogP contribution is 2.29. The number of aryl methyl sites for hydroxylation is 1. The van der Waals surface area contributed by atoms with Crippen molar-refractivity contribution >= 4 is 17.7 Å². The number of nitrogens with zero attached hydrogens (tertiary/aromatic N) is 3. The van der Waals surface area contributed by atoms with E-state index in [-0.39, 0.29) is 17.1 Å². The van der Waals surface area contributed by atoms with Gasteiger partial charge in [0.05, 0.1) is 5.25 Å². The van der Waals surface area contributed by atoms with Crippen LogP contribution < -0.4 is 5.32 Å². The highest BCUT2D eigenvalue weighted by molar-refractivity contribution is 8.00. The topological polar surface area (TPSA) is 69.0 Å². The van der Waals surface area contributed by atoms with Gasteiger partial charge in [-0.2, -0.15) is 0 Å². The molecule has 142 valence electrons. The van der Waals surface area contributed by atoms with Crippen LogP contribution in [0, 0.1) is 11.8 Å². The summed E-state index contributed by atoms with van der Waals surface area (Å²) in [7, 11) is 1.70. The van der Waals surface area contributed by atoms with Crippen LogP contribution in [0.2, 0.25) is 0 Å². The summed E-state index contributed by atoms with van der Waals surface area (Å²) in [6.07, 6.45) is 7.42. The van der Waals surface area contributed by atoms with Crippen molar-refractivity contribution in [2.45, 2.75) is 75.9 Å². The molecule has 0 saturated heterocycles. The molecule has 0 aromatic carbocycles. The maximum atomic E-state index is 12.9. The lowest BCUT2D eigenvalue weighted by atomic mass is 9.86. The van der Waals surface area contributed by atoms with Gasteiger partial charge in [0.2, 0.25) is 5.91 Å². The highest BCUT2D eigenvalue weighted by Gasteiger charge is 2.30. The van der Waals surface area contributed by atoms with Gasteiger partial charge >= 0.3 is 0 Å². The molecule has 1 aliphatic rings. The number of methoxy groups -OCH3 is 1. The summed E-state index contributed by atoms with van der Waals surface area (Å²) < 4.78 is 7.12. The third-order valence-corrected chi connectivity index (χ3v) is 6.40. The number of ether oxygens (including phenoxy) is 1. The first-order valence-electron chi connectivity index (χ1n) is 9.36. The van der Waals surface area contributed by atoms with Gasteiger partial charge in [-0.05, 0) is 31.1 Å². The average Bonchev–Trinajstić information content (AvgIpc) is 3.02. The van der Waals surface area contributed by atoms with E-state index in [0.29, 0.717) is 18.6 Å². The fraction of sp³-hybridized carbons (Fsp3) is 0.833. The van der Waals surface area contributed by atoms with Crippen LogP contribution >= 0.6 is 11.8 Å². The zero-order valence-electron chi connectivity index (χ0n) is 15.9. The first-order chi connectivity index (χ1) is 12.0. The van der Waals surface area contributed by atoms with Crippen LogP contribution in [0.4, 0.5) is 0 Å². The normalized spacial score (nSPS) is 22.1. The van der Waals surface area contributed by atoms with Crippen molar-refractivity contribution in [3.63, 3.8) is 0 Å². The van der Waals surface area contributed by atoms with E-state index >= 15 is 0 Å². The fourth-order valence-corrected chi connectivity index (χ4v) is 4.31. The van der Waals surface area contributed by atoms with Gasteiger partial charge in [-0.25, -0.2) is 0 Å². The third-order valence-electron chi connectivity index (χ3n) is 4.86. The minimum atomic E-state index is -0.153. The predicted octanol–water partition coefficient (Wildman–Crippen LogP) is 3.13. The summed E-state index contributed by atoms with van der Waals surface area (Å²) in [4.78, 5) is 12.9. The van der Waals surface area contributed by atoms with Crippen molar-refractivity contribution in [1.29, 1.82) is 0 Å². The van der Waals surface area contributed by atoms with Crippen molar-refractivity contribution in [3.05, 3.63) is 6.33 Å². The van der Waals surface area contributed by atoms with Crippen LogP contribution in [0.15, 0.2) is 11.5 Å². The van der Waals surface area contributed by atoms with E-state index in [0.717, 1.165) is 24.5 Å². The van der Waals surface area contributed by atoms with E-state index < -0.39 is 0 Å². The second-order valence-electron chi connectivity index (χ2n) is 7.31. The van der Waals surface area contributed by atoms with E-state index in [9.17, 15) is 4.79 Å². The van der Waals surface area contributed by atoms with Crippen LogP contribution in [0.5, 0.6) is 0 Å². The molecule has 0 bridgehead atoms. The number of rotatable bonds is 9. The van der Waals surface area contributed by atoms with Crippen molar-refractivity contribution in [2.75, 3.05) is 13.7 Å². The van der Waals surface area contributed by atoms with Crippen molar-refractivity contribution in [1.82, 2.24) is 20.1 Å². The standard InChI is InChI=1S/C18H32N4O2S/c1-13(2)16(17(23)20-15-9-6-5-8-14(15)3)25-18-21-19-12-22(18)10-7-11-24-4/h12-16H,5-11H2,1-4H3,(H,20,23). The lowest BCUT2D eigenvalue weighted by molar-refractivity contribution is -0.122. The molecule has 0 spiro atoms. The second-order valence-corrected chi connectivity index (χ2v) is 8.42. The SMILES string of the molecule is COCCCn1cnnc1SC(C(=O)NC1CCCCC1C)C(C)C. The molecule has 1 N–H and O–H groups in total. The largest absolute Gasteiger partial charge is 0.385 e. The zero-order valence-corrected chi connectivity index (χ0v) is 16.7. The van der Waals surface area contributed by atoms with E-state index in [2.05, 4.69) is 36.3 Å². The van der Waals surface area contributed by atoms with Crippen LogP contribution in [-0.4, -0.2) is 45.7 Å². The molecule has 1 aliphatic carbocycles. The number of amides is 1. The van der Waals surface area contributed by atoms with Crippen LogP contribution in [0.25, 0.3) is 0 Å². The molecule has 1 saturated carbocycles. The minimum Gasteiger partial charge on any atom is -0.385 e. The van der Waals surface area contributed by atoms with Gasteiger partial charge in [0.1, 0.15) is 6.33 Å². The molecule has 1 aromatic heterocycles. The molecule has 0 aliphatic heterocycles. The summed E-state index contributed by atoms with van der Waals surface area (Å²) in [5, 5.41) is 12.2. The van der Waals surface area contributed by atoms with Gasteiger partial charge in [-0.15, -0.1) is 10.2 Å². The van der Waals surface area contributed by atoms with Gasteiger partial charge in [-0.3, -0.25) is 4.79 Å². The van der Waals surface area contributed by atoms with E-state index in [1.807, 2.05) is 4.57 Å². The Balaban J connectivity index is 1.98. The first kappa shape index (κ1) is 20.2. The van der Waals surface area contributed by atoms with Crippen molar-refractivity contribution < 1.29 is 9.53 Å². The minimum absolute atomic E-state index is 0.130. The Hall–Kier alpha value is -1.08. The Morgan fingerprint density at radius 2 is 2.20 bits per heavy atom. The monoisotopic (exact) mass is 368 g/mol. The summed E-state index contributed by atoms with van der Waals surface area (Å²) in [5.41, 5.74) is 0. The van der Waals surface area contributed by atoms with Gasteiger partial charge in [-0.1, -0.05) is 45.4 Å². The second kappa shape index (κ2) is 10.2. The molecule has 3 atom stereocenters. The average molecular weight is 369 g/mol. The summed E-state index contributed by atoms with van der Waals surface area (Å²) in [6.45, 7) is 7.93. The van der Waals surface area contributed by atoms with E-state index in [1.165, 1.54) is 31.0 Å². The molecule has 6 nitrogen and oxygen atoms in total. The Morgan fingerprint density at radius 3 is 2.88 bits per heavy atom. The van der Waals surface area contributed by atoms with Crippen LogP contribution in [0.1, 0.15) is 52.9 Å². The summed E-state index contributed by atoms with van der Waals surface area (Å²) >= 11 is 1.52. The molecule has 1 fully saturated rings. The molecule has 1 heterocycles. The number of hydrogen-bond donors (Lipinski definition) is 1. The first-order valence-corrected chi connectivity index (χ1v) is 10.2. The summed E-state index contributed by atoms with van der Waals surface area (Å²) in [6, 6.07) is 0.308. The maximum absolute atomic E-state index is 12.9. The molecule has 0 radical (unpaired) electrons. The van der Waals surface area contributed by atoms with Crippen molar-refractivity contribution in [3.8, 4) is 0 Å². The van der Waals surface area contributed by atoms with Gasteiger partial charge in [0.15, 0.2) is 5.16 Å². The predicted molar refractivity (Wildman–Crippen MR) is 101 cm³/mol. The smallest absolute Gasteiger partial charge is 0.234 e. The molecule has 25 heavy (non-hydrogen) atoms. The molecule has 1 aromatic rings. The van der Waals surface area contributed by atoms with Gasteiger partial charge < -0.3 is 14.6 Å². The number of carbonyl (C=O) groups excluding carboxylic acids is 1. The molecular formula is C18H32N4O2S.